The SMILES string of the molecule is CCC(Oc1ccccc1C)C(=O)N1CCN(c2ccccn2)CC1. The van der Waals surface area contributed by atoms with E-state index in [0.717, 1.165) is 30.2 Å². The fourth-order valence-corrected chi connectivity index (χ4v) is 3.05. The molecule has 1 saturated heterocycles. The largest absolute Gasteiger partial charge is 0.480 e. The molecule has 1 unspecified atom stereocenters. The van der Waals surface area contributed by atoms with Crippen molar-refractivity contribution in [1.82, 2.24) is 9.88 Å². The Hall–Kier alpha value is -2.56. The Bertz CT molecular complexity index is 697. The number of carbonyl (C=O) groups is 1. The minimum absolute atomic E-state index is 0.0754. The maximum atomic E-state index is 12.9. The summed E-state index contributed by atoms with van der Waals surface area (Å²) in [6.07, 6.45) is 2.03. The Kier molecular flexibility index (Phi) is 5.53. The zero-order valence-corrected chi connectivity index (χ0v) is 14.9. The molecule has 2 heterocycles. The standard InChI is InChI=1S/C20H25N3O2/c1-3-17(25-18-9-5-4-8-16(18)2)20(24)23-14-12-22(13-15-23)19-10-6-7-11-21-19/h4-11,17H,3,12-15H2,1-2H3. The van der Waals surface area contributed by atoms with Gasteiger partial charge in [-0.05, 0) is 37.1 Å². The van der Waals surface area contributed by atoms with E-state index >= 15 is 0 Å². The summed E-state index contributed by atoms with van der Waals surface area (Å²) in [5.41, 5.74) is 1.05. The van der Waals surface area contributed by atoms with E-state index in [-0.39, 0.29) is 5.91 Å². The van der Waals surface area contributed by atoms with Gasteiger partial charge < -0.3 is 14.5 Å². The molecule has 0 saturated carbocycles. The molecule has 0 spiro atoms. The van der Waals surface area contributed by atoms with E-state index in [0.29, 0.717) is 19.5 Å². The van der Waals surface area contributed by atoms with E-state index in [1.807, 2.05) is 61.2 Å². The molecule has 132 valence electrons. The van der Waals surface area contributed by atoms with Crippen molar-refractivity contribution in [1.29, 1.82) is 0 Å². The van der Waals surface area contributed by atoms with Crippen LogP contribution in [-0.2, 0) is 4.79 Å². The number of piperazine rings is 1. The van der Waals surface area contributed by atoms with Gasteiger partial charge in [-0.25, -0.2) is 4.98 Å². The highest BCUT2D eigenvalue weighted by molar-refractivity contribution is 5.81. The molecule has 1 atom stereocenters. The number of amides is 1. The number of aromatic nitrogens is 1. The predicted octanol–water partition coefficient (Wildman–Crippen LogP) is 2.90. The van der Waals surface area contributed by atoms with Crippen LogP contribution in [0.1, 0.15) is 18.9 Å². The molecule has 0 radical (unpaired) electrons. The van der Waals surface area contributed by atoms with Crippen LogP contribution in [0.15, 0.2) is 48.7 Å². The molecule has 5 heteroatoms. The molecule has 1 aromatic carbocycles. The second-order valence-corrected chi connectivity index (χ2v) is 6.28. The van der Waals surface area contributed by atoms with Crippen molar-refractivity contribution < 1.29 is 9.53 Å². The molecule has 1 aromatic heterocycles. The van der Waals surface area contributed by atoms with Crippen LogP contribution in [0.3, 0.4) is 0 Å². The number of ether oxygens (including phenoxy) is 1. The molecule has 25 heavy (non-hydrogen) atoms. The van der Waals surface area contributed by atoms with Crippen LogP contribution in [0.2, 0.25) is 0 Å². The normalized spacial score (nSPS) is 15.8. The smallest absolute Gasteiger partial charge is 0.263 e. The summed E-state index contributed by atoms with van der Waals surface area (Å²) in [6, 6.07) is 13.7. The first kappa shape index (κ1) is 17.3. The molecule has 1 fully saturated rings. The van der Waals surface area contributed by atoms with Gasteiger partial charge in [-0.15, -0.1) is 0 Å². The van der Waals surface area contributed by atoms with Crippen molar-refractivity contribution >= 4 is 11.7 Å². The van der Waals surface area contributed by atoms with Crippen LogP contribution in [0.5, 0.6) is 5.75 Å². The summed E-state index contributed by atoms with van der Waals surface area (Å²) in [5.74, 6) is 1.83. The number of rotatable bonds is 5. The number of para-hydroxylation sites is 1. The maximum absolute atomic E-state index is 12.9. The zero-order valence-electron chi connectivity index (χ0n) is 14.9. The minimum atomic E-state index is -0.428. The van der Waals surface area contributed by atoms with Crippen molar-refractivity contribution in [3.63, 3.8) is 0 Å². The fraction of sp³-hybridized carbons (Fsp3) is 0.400. The van der Waals surface area contributed by atoms with E-state index in [1.54, 1.807) is 6.20 Å². The van der Waals surface area contributed by atoms with Crippen LogP contribution in [0.25, 0.3) is 0 Å². The van der Waals surface area contributed by atoms with Crippen molar-refractivity contribution in [2.75, 3.05) is 31.1 Å². The minimum Gasteiger partial charge on any atom is -0.480 e. The number of carbonyl (C=O) groups excluding carboxylic acids is 1. The number of aryl methyl sites for hydroxylation is 1. The highest BCUT2D eigenvalue weighted by atomic mass is 16.5. The summed E-state index contributed by atoms with van der Waals surface area (Å²) in [4.78, 5) is 21.4. The second kappa shape index (κ2) is 8.01. The quantitative estimate of drug-likeness (QED) is 0.840. The lowest BCUT2D eigenvalue weighted by atomic mass is 10.2. The number of benzene rings is 1. The van der Waals surface area contributed by atoms with Gasteiger partial charge in [0.2, 0.25) is 0 Å². The average molecular weight is 339 g/mol. The first-order valence-corrected chi connectivity index (χ1v) is 8.86. The van der Waals surface area contributed by atoms with E-state index in [1.165, 1.54) is 0 Å². The molecular formula is C20H25N3O2. The molecule has 0 aliphatic carbocycles. The van der Waals surface area contributed by atoms with Crippen LogP contribution in [0.4, 0.5) is 5.82 Å². The van der Waals surface area contributed by atoms with Crippen molar-refractivity contribution in [2.45, 2.75) is 26.4 Å². The van der Waals surface area contributed by atoms with Gasteiger partial charge in [0.1, 0.15) is 11.6 Å². The number of hydrogen-bond donors (Lipinski definition) is 0. The number of pyridine rings is 1. The van der Waals surface area contributed by atoms with Gasteiger partial charge in [-0.2, -0.15) is 0 Å². The van der Waals surface area contributed by atoms with Gasteiger partial charge >= 0.3 is 0 Å². The number of anilines is 1. The van der Waals surface area contributed by atoms with Gasteiger partial charge in [0.25, 0.3) is 5.91 Å². The number of hydrogen-bond acceptors (Lipinski definition) is 4. The topological polar surface area (TPSA) is 45.7 Å². The summed E-state index contributed by atoms with van der Waals surface area (Å²) in [7, 11) is 0. The molecule has 5 nitrogen and oxygen atoms in total. The molecule has 1 amide bonds. The Balaban J connectivity index is 1.60. The van der Waals surface area contributed by atoms with Gasteiger partial charge in [-0.1, -0.05) is 31.2 Å². The van der Waals surface area contributed by atoms with Crippen molar-refractivity contribution in [2.24, 2.45) is 0 Å². The molecule has 0 N–H and O–H groups in total. The Labute approximate surface area is 149 Å². The Morgan fingerprint density at radius 3 is 2.48 bits per heavy atom. The molecular weight excluding hydrogens is 314 g/mol. The zero-order chi connectivity index (χ0) is 17.6. The lowest BCUT2D eigenvalue weighted by Crippen LogP contribution is -2.52. The summed E-state index contributed by atoms with van der Waals surface area (Å²) >= 11 is 0. The first-order chi connectivity index (χ1) is 12.2. The van der Waals surface area contributed by atoms with Crippen LogP contribution >= 0.6 is 0 Å². The van der Waals surface area contributed by atoms with Crippen LogP contribution in [-0.4, -0.2) is 48.1 Å². The predicted molar refractivity (Wildman–Crippen MR) is 98.9 cm³/mol. The van der Waals surface area contributed by atoms with Crippen LogP contribution < -0.4 is 9.64 Å². The molecule has 2 aromatic rings. The van der Waals surface area contributed by atoms with Crippen LogP contribution in [0, 0.1) is 6.92 Å². The lowest BCUT2D eigenvalue weighted by Gasteiger charge is -2.36. The number of nitrogens with zero attached hydrogens (tertiary/aromatic N) is 3. The van der Waals surface area contributed by atoms with E-state index < -0.39 is 6.10 Å². The first-order valence-electron chi connectivity index (χ1n) is 8.86. The van der Waals surface area contributed by atoms with Gasteiger partial charge in [0.05, 0.1) is 0 Å². The Morgan fingerprint density at radius 2 is 1.84 bits per heavy atom. The van der Waals surface area contributed by atoms with Gasteiger partial charge in [0.15, 0.2) is 6.10 Å². The molecule has 0 bridgehead atoms. The van der Waals surface area contributed by atoms with Gasteiger partial charge in [0, 0.05) is 32.4 Å². The van der Waals surface area contributed by atoms with E-state index in [4.69, 9.17) is 4.74 Å². The maximum Gasteiger partial charge on any atom is 0.263 e. The van der Waals surface area contributed by atoms with Crippen molar-refractivity contribution in [3.8, 4) is 5.75 Å². The second-order valence-electron chi connectivity index (χ2n) is 6.28. The fourth-order valence-electron chi connectivity index (χ4n) is 3.05. The lowest BCUT2D eigenvalue weighted by molar-refractivity contribution is -0.139. The Morgan fingerprint density at radius 1 is 1.12 bits per heavy atom. The highest BCUT2D eigenvalue weighted by Gasteiger charge is 2.28. The summed E-state index contributed by atoms with van der Waals surface area (Å²) in [5, 5.41) is 0. The summed E-state index contributed by atoms with van der Waals surface area (Å²) < 4.78 is 6.00. The molecule has 3 rings (SSSR count). The highest BCUT2D eigenvalue weighted by Crippen LogP contribution is 2.20. The van der Waals surface area contributed by atoms with Gasteiger partial charge in [-0.3, -0.25) is 4.79 Å². The third-order valence-corrected chi connectivity index (χ3v) is 4.57. The van der Waals surface area contributed by atoms with Crippen molar-refractivity contribution in [3.05, 3.63) is 54.2 Å². The third kappa shape index (κ3) is 4.10. The molecule has 1 aliphatic heterocycles. The molecule has 1 aliphatic rings. The monoisotopic (exact) mass is 339 g/mol. The summed E-state index contributed by atoms with van der Waals surface area (Å²) in [6.45, 7) is 6.97. The van der Waals surface area contributed by atoms with E-state index in [2.05, 4.69) is 9.88 Å². The average Bonchev–Trinajstić information content (AvgIpc) is 2.68. The van der Waals surface area contributed by atoms with E-state index in [9.17, 15) is 4.79 Å². The third-order valence-electron chi connectivity index (χ3n) is 4.57.